The van der Waals surface area contributed by atoms with E-state index in [4.69, 9.17) is 5.11 Å². The van der Waals surface area contributed by atoms with Crippen LogP contribution in [0.5, 0.6) is 0 Å². The molecule has 0 heterocycles. The van der Waals surface area contributed by atoms with Gasteiger partial charge in [-0.3, -0.25) is 0 Å². The molecule has 0 radical (unpaired) electrons. The van der Waals surface area contributed by atoms with E-state index in [0.29, 0.717) is 5.56 Å². The minimum atomic E-state index is -1.85. The monoisotopic (exact) mass is 441 g/mol. The Kier molecular flexibility index (Phi) is 10.5. The van der Waals surface area contributed by atoms with Gasteiger partial charge in [-0.2, -0.15) is 0 Å². The number of hydrogen-bond donors (Lipinski definition) is 2. The summed E-state index contributed by atoms with van der Waals surface area (Å²) in [6, 6.07) is 31.7. The number of aromatic carboxylic acids is 1. The number of carboxylic acid groups (broad SMARTS) is 1. The molecule has 0 fully saturated rings. The van der Waals surface area contributed by atoms with E-state index < -0.39 is 14.0 Å². The van der Waals surface area contributed by atoms with Crippen LogP contribution >= 0.6 is 0 Å². The molecule has 3 rings (SSSR count). The summed E-state index contributed by atoms with van der Waals surface area (Å²) >= 11 is 0. The predicted octanol–water partition coefficient (Wildman–Crippen LogP) is 4.60. The van der Waals surface area contributed by atoms with Crippen molar-refractivity contribution in [3.05, 3.63) is 90.5 Å². The van der Waals surface area contributed by atoms with Crippen molar-refractivity contribution in [3.8, 4) is 0 Å². The van der Waals surface area contributed by atoms with Crippen LogP contribution in [-0.4, -0.2) is 55.3 Å². The van der Waals surface area contributed by atoms with Crippen LogP contribution in [0, 0.1) is 0 Å². The van der Waals surface area contributed by atoms with E-state index in [9.17, 15) is 4.79 Å². The van der Waals surface area contributed by atoms with Gasteiger partial charge in [0.1, 0.15) is 8.07 Å². The third kappa shape index (κ3) is 6.81. The van der Waals surface area contributed by atoms with Crippen LogP contribution in [0.1, 0.15) is 36.5 Å². The molecule has 0 aromatic heterocycles. The van der Waals surface area contributed by atoms with Crippen molar-refractivity contribution in [2.75, 3.05) is 11.9 Å². The SMILES string of the molecule is CCCC[Si](CCCNc1ccc(C(=O)O)cc1)(c1ccccc1)c1ccccc1.[NaH]. The Morgan fingerprint density at radius 3 is 1.81 bits per heavy atom. The van der Waals surface area contributed by atoms with Gasteiger partial charge in [-0.15, -0.1) is 0 Å². The van der Waals surface area contributed by atoms with E-state index in [1.54, 1.807) is 12.1 Å². The van der Waals surface area contributed by atoms with Crippen LogP contribution in [0.25, 0.3) is 0 Å². The summed E-state index contributed by atoms with van der Waals surface area (Å²) in [5, 5.41) is 15.6. The third-order valence-electron chi connectivity index (χ3n) is 5.85. The molecule has 0 saturated heterocycles. The van der Waals surface area contributed by atoms with Gasteiger partial charge >= 0.3 is 35.5 Å². The molecule has 158 valence electrons. The first-order chi connectivity index (χ1) is 14.7. The van der Waals surface area contributed by atoms with Crippen molar-refractivity contribution in [1.82, 2.24) is 0 Å². The van der Waals surface area contributed by atoms with E-state index in [0.717, 1.165) is 18.7 Å². The molecule has 0 bridgehead atoms. The van der Waals surface area contributed by atoms with Crippen molar-refractivity contribution in [3.63, 3.8) is 0 Å². The second-order valence-electron chi connectivity index (χ2n) is 7.83. The molecule has 0 unspecified atom stereocenters. The van der Waals surface area contributed by atoms with Crippen molar-refractivity contribution < 1.29 is 9.90 Å². The van der Waals surface area contributed by atoms with E-state index in [2.05, 4.69) is 72.9 Å². The van der Waals surface area contributed by atoms with E-state index in [1.165, 1.54) is 35.3 Å². The molecule has 0 amide bonds. The van der Waals surface area contributed by atoms with Crippen LogP contribution in [0.2, 0.25) is 12.1 Å². The van der Waals surface area contributed by atoms with Gasteiger partial charge in [-0.25, -0.2) is 4.79 Å². The van der Waals surface area contributed by atoms with Crippen LogP contribution in [0.3, 0.4) is 0 Å². The fourth-order valence-corrected chi connectivity index (χ4v) is 9.35. The molecule has 2 N–H and O–H groups in total. The predicted molar refractivity (Wildman–Crippen MR) is 136 cm³/mol. The fraction of sp³-hybridized carbons (Fsp3) is 0.269. The summed E-state index contributed by atoms with van der Waals surface area (Å²) < 4.78 is 0. The molecular weight excluding hydrogens is 409 g/mol. The van der Waals surface area contributed by atoms with Gasteiger partial charge in [0, 0.05) is 12.2 Å². The molecule has 0 spiro atoms. The number of rotatable bonds is 11. The normalized spacial score (nSPS) is 10.9. The van der Waals surface area contributed by atoms with Gasteiger partial charge in [0.25, 0.3) is 0 Å². The number of anilines is 1. The van der Waals surface area contributed by atoms with Crippen molar-refractivity contribution in [2.45, 2.75) is 38.3 Å². The standard InChI is InChI=1S/C26H31NO2Si.Na.H/c1-2-3-20-30(24-11-6-4-7-12-24,25-13-8-5-9-14-25)21-10-19-27-23-17-15-22(16-18-23)26(28)29;;/h4-9,11-18,27H,2-3,10,19-21H2,1H3,(H,28,29);;. The van der Waals surface area contributed by atoms with Crippen molar-refractivity contribution in [2.24, 2.45) is 0 Å². The second kappa shape index (κ2) is 12.9. The first-order valence-corrected chi connectivity index (χ1v) is 13.3. The molecule has 3 aromatic rings. The summed E-state index contributed by atoms with van der Waals surface area (Å²) in [5.41, 5.74) is 1.29. The van der Waals surface area contributed by atoms with Crippen molar-refractivity contribution in [1.29, 1.82) is 0 Å². The summed E-state index contributed by atoms with van der Waals surface area (Å²) in [5.74, 6) is -0.890. The zero-order valence-electron chi connectivity index (χ0n) is 17.7. The molecule has 0 aliphatic carbocycles. The van der Waals surface area contributed by atoms with Crippen LogP contribution in [0.4, 0.5) is 5.69 Å². The number of benzene rings is 3. The zero-order chi connectivity index (χ0) is 21.2. The minimum absolute atomic E-state index is 0. The maximum absolute atomic E-state index is 11.0. The van der Waals surface area contributed by atoms with E-state index in [-0.39, 0.29) is 29.6 Å². The molecule has 31 heavy (non-hydrogen) atoms. The molecule has 0 aliphatic heterocycles. The maximum atomic E-state index is 11.0. The number of carboxylic acids is 1. The first-order valence-electron chi connectivity index (χ1n) is 10.8. The zero-order valence-corrected chi connectivity index (χ0v) is 18.7. The number of unbranched alkanes of at least 4 members (excludes halogenated alkanes) is 1. The Hall–Kier alpha value is -1.85. The van der Waals surface area contributed by atoms with Gasteiger partial charge < -0.3 is 10.4 Å². The topological polar surface area (TPSA) is 49.3 Å². The van der Waals surface area contributed by atoms with Gasteiger partial charge in [0.15, 0.2) is 0 Å². The molecule has 0 saturated carbocycles. The van der Waals surface area contributed by atoms with Crippen LogP contribution in [0.15, 0.2) is 84.9 Å². The quantitative estimate of drug-likeness (QED) is 0.338. The number of nitrogens with one attached hydrogen (secondary N) is 1. The summed E-state index contributed by atoms with van der Waals surface area (Å²) in [6.07, 6.45) is 3.54. The third-order valence-corrected chi connectivity index (χ3v) is 11.1. The first kappa shape index (κ1) is 25.4. The van der Waals surface area contributed by atoms with E-state index in [1.807, 2.05) is 12.1 Å². The summed E-state index contributed by atoms with van der Waals surface area (Å²) in [7, 11) is -1.85. The molecule has 0 atom stereocenters. The Morgan fingerprint density at radius 2 is 1.32 bits per heavy atom. The van der Waals surface area contributed by atoms with Crippen LogP contribution in [-0.2, 0) is 0 Å². The molecule has 5 heteroatoms. The molecule has 0 aliphatic rings. The molecular formula is C26H32NNaO2Si. The fourth-order valence-electron chi connectivity index (χ4n) is 4.22. The van der Waals surface area contributed by atoms with Crippen LogP contribution < -0.4 is 15.7 Å². The number of carbonyl (C=O) groups is 1. The molecule has 3 aromatic carbocycles. The number of hydrogen-bond acceptors (Lipinski definition) is 2. The second-order valence-corrected chi connectivity index (χ2v) is 12.1. The summed E-state index contributed by atoms with van der Waals surface area (Å²) in [4.78, 5) is 11.0. The van der Waals surface area contributed by atoms with Gasteiger partial charge in [0.2, 0.25) is 0 Å². The van der Waals surface area contributed by atoms with E-state index >= 15 is 0 Å². The Balaban J connectivity index is 0.00000341. The Labute approximate surface area is 209 Å². The van der Waals surface area contributed by atoms with Gasteiger partial charge in [0.05, 0.1) is 5.56 Å². The van der Waals surface area contributed by atoms with Gasteiger partial charge in [-0.05, 0) is 42.8 Å². The summed E-state index contributed by atoms with van der Waals surface area (Å²) in [6.45, 7) is 3.16. The van der Waals surface area contributed by atoms with Gasteiger partial charge in [-0.1, -0.05) is 90.8 Å². The average molecular weight is 442 g/mol. The van der Waals surface area contributed by atoms with Crippen molar-refractivity contribution >= 4 is 59.7 Å². The Morgan fingerprint density at radius 1 is 0.806 bits per heavy atom. The molecule has 3 nitrogen and oxygen atoms in total. The Bertz CT molecular complexity index is 878. The average Bonchev–Trinajstić information content (AvgIpc) is 2.80.